The van der Waals surface area contributed by atoms with Gasteiger partial charge in [-0.1, -0.05) is 31.9 Å². The smallest absolute Gasteiger partial charge is 0.198 e. The van der Waals surface area contributed by atoms with Crippen LogP contribution in [0, 0.1) is 5.92 Å². The van der Waals surface area contributed by atoms with Gasteiger partial charge in [0.2, 0.25) is 0 Å². The van der Waals surface area contributed by atoms with E-state index in [-0.39, 0.29) is 0 Å². The van der Waals surface area contributed by atoms with Gasteiger partial charge >= 0.3 is 0 Å². The van der Waals surface area contributed by atoms with E-state index in [9.17, 15) is 4.79 Å². The van der Waals surface area contributed by atoms with Crippen LogP contribution in [0.1, 0.15) is 52.4 Å². The van der Waals surface area contributed by atoms with Crippen molar-refractivity contribution in [3.8, 4) is 0 Å². The monoisotopic (exact) mass is 181 g/mol. The number of unbranched alkanes of at least 4 members (excludes halogenated alkanes) is 2. The number of hydrogen-bond donors (Lipinski definition) is 0. The summed E-state index contributed by atoms with van der Waals surface area (Å²) in [5.74, 6) is 0.763. The summed E-state index contributed by atoms with van der Waals surface area (Å²) in [5.41, 5.74) is 0. The summed E-state index contributed by atoms with van der Waals surface area (Å²) >= 11 is 0. The van der Waals surface area contributed by atoms with Gasteiger partial charge in [0, 0.05) is 6.42 Å². The first kappa shape index (κ1) is 12.4. The van der Waals surface area contributed by atoms with Crippen LogP contribution in [-0.2, 0) is 4.79 Å². The molecule has 0 N–H and O–H groups in total. The summed E-state index contributed by atoms with van der Waals surface area (Å²) in [6, 6.07) is 0. The van der Waals surface area contributed by atoms with Crippen molar-refractivity contribution in [3.63, 3.8) is 0 Å². The fraction of sp³-hybridized carbons (Fsp3) is 0.750. The molecule has 1 nitrogen and oxygen atoms in total. The van der Waals surface area contributed by atoms with Gasteiger partial charge in [-0.3, -0.25) is 4.79 Å². The maximum atomic E-state index is 9.95. The zero-order chi connectivity index (χ0) is 9.94. The van der Waals surface area contributed by atoms with Crippen LogP contribution in [0.2, 0.25) is 0 Å². The molecule has 0 rings (SSSR count). The summed E-state index contributed by atoms with van der Waals surface area (Å²) in [6.07, 6.45) is 12.8. The fourth-order valence-electron chi connectivity index (χ4n) is 1.42. The Morgan fingerprint density at radius 1 is 1.31 bits per heavy atom. The van der Waals surface area contributed by atoms with Gasteiger partial charge in [-0.05, 0) is 32.1 Å². The van der Waals surface area contributed by atoms with E-state index in [0.717, 1.165) is 12.3 Å². The lowest BCUT2D eigenvalue weighted by atomic mass is 9.98. The third-order valence-corrected chi connectivity index (χ3v) is 2.28. The van der Waals surface area contributed by atoms with Crippen molar-refractivity contribution in [2.24, 2.45) is 5.92 Å². The molecule has 1 unspecified atom stereocenters. The fourth-order valence-corrected chi connectivity index (χ4v) is 1.42. The standard InChI is InChI=1S/C12H21O/c1-3-4-5-6-9-12(2)10-7-8-11-13/h3-4,12H,5-10H2,1-2H3/b4-3+. The van der Waals surface area contributed by atoms with E-state index in [0.29, 0.717) is 6.42 Å². The van der Waals surface area contributed by atoms with Gasteiger partial charge in [-0.15, -0.1) is 0 Å². The van der Waals surface area contributed by atoms with Gasteiger partial charge in [-0.2, -0.15) is 0 Å². The Balaban J connectivity index is 3.19. The molecule has 1 heteroatoms. The SMILES string of the molecule is C/C=C/CCCC(C)CCC[C]=O. The van der Waals surface area contributed by atoms with E-state index >= 15 is 0 Å². The molecule has 0 heterocycles. The van der Waals surface area contributed by atoms with Gasteiger partial charge in [0.05, 0.1) is 0 Å². The highest BCUT2D eigenvalue weighted by Gasteiger charge is 2.00. The minimum absolute atomic E-state index is 0.610. The van der Waals surface area contributed by atoms with E-state index in [4.69, 9.17) is 0 Å². The lowest BCUT2D eigenvalue weighted by Gasteiger charge is -2.08. The molecule has 0 aromatic rings. The molecule has 13 heavy (non-hydrogen) atoms. The Bertz CT molecular complexity index is 138. The van der Waals surface area contributed by atoms with Gasteiger partial charge in [0.25, 0.3) is 0 Å². The van der Waals surface area contributed by atoms with Crippen molar-refractivity contribution >= 4 is 6.29 Å². The second-order valence-electron chi connectivity index (χ2n) is 3.64. The topological polar surface area (TPSA) is 17.1 Å². The van der Waals surface area contributed by atoms with Crippen LogP contribution >= 0.6 is 0 Å². The highest BCUT2D eigenvalue weighted by Crippen LogP contribution is 2.14. The molecule has 0 spiro atoms. The third kappa shape index (κ3) is 9.32. The molecule has 0 bridgehead atoms. The number of allylic oxidation sites excluding steroid dienone is 2. The molecule has 0 saturated heterocycles. The Hall–Kier alpha value is -0.590. The Morgan fingerprint density at radius 2 is 2.00 bits per heavy atom. The number of carbonyl (C=O) groups excluding carboxylic acids is 1. The van der Waals surface area contributed by atoms with Crippen LogP contribution in [0.3, 0.4) is 0 Å². The van der Waals surface area contributed by atoms with Crippen LogP contribution in [0.4, 0.5) is 0 Å². The lowest BCUT2D eigenvalue weighted by Crippen LogP contribution is -1.94. The summed E-state index contributed by atoms with van der Waals surface area (Å²) in [6.45, 7) is 4.32. The molecule has 0 saturated carbocycles. The van der Waals surface area contributed by atoms with Crippen molar-refractivity contribution in [1.82, 2.24) is 0 Å². The number of hydrogen-bond acceptors (Lipinski definition) is 1. The highest BCUT2D eigenvalue weighted by molar-refractivity contribution is 5.50. The Kier molecular flexibility index (Phi) is 9.07. The van der Waals surface area contributed by atoms with Crippen molar-refractivity contribution in [3.05, 3.63) is 12.2 Å². The summed E-state index contributed by atoms with van der Waals surface area (Å²) in [5, 5.41) is 0. The minimum Gasteiger partial charge on any atom is -0.291 e. The molecule has 0 aliphatic rings. The molecular weight excluding hydrogens is 160 g/mol. The van der Waals surface area contributed by atoms with Crippen LogP contribution in [0.25, 0.3) is 0 Å². The molecule has 75 valence electrons. The molecule has 0 aliphatic carbocycles. The first-order valence-corrected chi connectivity index (χ1v) is 5.27. The Morgan fingerprint density at radius 3 is 2.62 bits per heavy atom. The van der Waals surface area contributed by atoms with Crippen molar-refractivity contribution in [2.45, 2.75) is 52.4 Å². The van der Waals surface area contributed by atoms with Crippen LogP contribution < -0.4 is 0 Å². The number of rotatable bonds is 8. The average molecular weight is 181 g/mol. The van der Waals surface area contributed by atoms with Crippen LogP contribution in [-0.4, -0.2) is 6.29 Å². The average Bonchev–Trinajstić information content (AvgIpc) is 2.13. The molecule has 0 aromatic carbocycles. The zero-order valence-electron chi connectivity index (χ0n) is 8.88. The Labute approximate surface area is 82.2 Å². The predicted molar refractivity (Wildman–Crippen MR) is 57.4 cm³/mol. The molecule has 1 atom stereocenters. The minimum atomic E-state index is 0.610. The van der Waals surface area contributed by atoms with E-state index in [1.807, 2.05) is 6.29 Å². The molecule has 1 radical (unpaired) electrons. The van der Waals surface area contributed by atoms with E-state index in [1.165, 1.54) is 25.7 Å². The first-order chi connectivity index (χ1) is 6.31. The molecule has 0 amide bonds. The van der Waals surface area contributed by atoms with E-state index in [2.05, 4.69) is 26.0 Å². The van der Waals surface area contributed by atoms with Gasteiger partial charge < -0.3 is 0 Å². The molecule has 0 fully saturated rings. The quantitative estimate of drug-likeness (QED) is 0.412. The van der Waals surface area contributed by atoms with Crippen LogP contribution in [0.15, 0.2) is 12.2 Å². The first-order valence-electron chi connectivity index (χ1n) is 5.27. The summed E-state index contributed by atoms with van der Waals surface area (Å²) < 4.78 is 0. The molecule has 0 aromatic heterocycles. The van der Waals surface area contributed by atoms with E-state index < -0.39 is 0 Å². The largest absolute Gasteiger partial charge is 0.291 e. The van der Waals surface area contributed by atoms with Crippen molar-refractivity contribution in [2.75, 3.05) is 0 Å². The highest BCUT2D eigenvalue weighted by atomic mass is 16.1. The summed E-state index contributed by atoms with van der Waals surface area (Å²) in [4.78, 5) is 9.95. The van der Waals surface area contributed by atoms with E-state index in [1.54, 1.807) is 0 Å². The predicted octanol–water partition coefficient (Wildman–Crippen LogP) is 3.65. The third-order valence-electron chi connectivity index (χ3n) is 2.28. The summed E-state index contributed by atoms with van der Waals surface area (Å²) in [7, 11) is 0. The van der Waals surface area contributed by atoms with Gasteiger partial charge in [-0.25, -0.2) is 0 Å². The van der Waals surface area contributed by atoms with Crippen molar-refractivity contribution < 1.29 is 4.79 Å². The van der Waals surface area contributed by atoms with Gasteiger partial charge in [0.15, 0.2) is 6.29 Å². The second kappa shape index (κ2) is 9.50. The zero-order valence-corrected chi connectivity index (χ0v) is 8.88. The van der Waals surface area contributed by atoms with Crippen LogP contribution in [0.5, 0.6) is 0 Å². The normalized spacial score (nSPS) is 13.4. The van der Waals surface area contributed by atoms with Gasteiger partial charge in [0.1, 0.15) is 0 Å². The van der Waals surface area contributed by atoms with Crippen molar-refractivity contribution in [1.29, 1.82) is 0 Å². The lowest BCUT2D eigenvalue weighted by molar-refractivity contribution is 0.461. The molecular formula is C12H21O. The maximum Gasteiger partial charge on any atom is 0.198 e. The second-order valence-corrected chi connectivity index (χ2v) is 3.64. The maximum absolute atomic E-state index is 9.95. The molecule has 0 aliphatic heterocycles.